The van der Waals surface area contributed by atoms with Crippen molar-refractivity contribution >= 4 is 11.6 Å². The van der Waals surface area contributed by atoms with Crippen LogP contribution in [0.15, 0.2) is 18.2 Å². The summed E-state index contributed by atoms with van der Waals surface area (Å²) in [5.41, 5.74) is 18.6. The van der Waals surface area contributed by atoms with Gasteiger partial charge in [0.2, 0.25) is 0 Å². The van der Waals surface area contributed by atoms with Crippen molar-refractivity contribution in [1.29, 1.82) is 0 Å². The first-order chi connectivity index (χ1) is 8.65. The lowest BCUT2D eigenvalue weighted by atomic mass is 10.1. The lowest BCUT2D eigenvalue weighted by molar-refractivity contribution is -0.121. The molecule has 0 aromatic heterocycles. The van der Waals surface area contributed by atoms with Gasteiger partial charge < -0.3 is 26.8 Å². The molecule has 0 saturated carbocycles. The molecule has 1 amide bonds. The average Bonchev–Trinajstić information content (AvgIpc) is 2.41. The van der Waals surface area contributed by atoms with Crippen LogP contribution in [0.2, 0.25) is 0 Å². The Labute approximate surface area is 106 Å². The quantitative estimate of drug-likeness (QED) is 0.645. The van der Waals surface area contributed by atoms with E-state index in [2.05, 4.69) is 0 Å². The highest BCUT2D eigenvalue weighted by Crippen LogP contribution is 2.32. The third-order valence-electron chi connectivity index (χ3n) is 2.92. The molecular weight excluding hydrogens is 232 g/mol. The van der Waals surface area contributed by atoms with Crippen molar-refractivity contribution < 1.29 is 9.53 Å². The number of fused-ring (bicyclic) bond motifs is 1. The van der Waals surface area contributed by atoms with E-state index < -0.39 is 0 Å². The van der Waals surface area contributed by atoms with E-state index in [9.17, 15) is 4.79 Å². The molecule has 0 spiro atoms. The molecular formula is C12H18N4O2. The van der Waals surface area contributed by atoms with Gasteiger partial charge in [0.15, 0.2) is 6.61 Å². The number of ether oxygens (including phenoxy) is 1. The highest BCUT2D eigenvalue weighted by molar-refractivity contribution is 5.98. The molecule has 0 aliphatic carbocycles. The second-order valence-electron chi connectivity index (χ2n) is 4.30. The van der Waals surface area contributed by atoms with E-state index in [1.54, 1.807) is 4.90 Å². The Morgan fingerprint density at radius 1 is 1.39 bits per heavy atom. The number of rotatable bonds is 4. The minimum Gasteiger partial charge on any atom is -0.482 e. The summed E-state index contributed by atoms with van der Waals surface area (Å²) in [7, 11) is 0. The number of carbonyl (C=O) groups excluding carboxylic acids is 1. The van der Waals surface area contributed by atoms with Gasteiger partial charge in [-0.2, -0.15) is 0 Å². The molecule has 1 heterocycles. The predicted octanol–water partition coefficient (Wildman–Crippen LogP) is -0.843. The summed E-state index contributed by atoms with van der Waals surface area (Å²) < 4.78 is 5.38. The number of benzene rings is 1. The topological polar surface area (TPSA) is 108 Å². The van der Waals surface area contributed by atoms with Gasteiger partial charge in [0.25, 0.3) is 5.91 Å². The number of amides is 1. The van der Waals surface area contributed by atoms with Crippen LogP contribution in [0.1, 0.15) is 5.56 Å². The van der Waals surface area contributed by atoms with E-state index >= 15 is 0 Å². The average molecular weight is 250 g/mol. The van der Waals surface area contributed by atoms with Gasteiger partial charge in [-0.05, 0) is 17.7 Å². The largest absolute Gasteiger partial charge is 0.482 e. The fraction of sp³-hybridized carbons (Fsp3) is 0.417. The molecule has 98 valence electrons. The van der Waals surface area contributed by atoms with E-state index in [1.165, 1.54) is 0 Å². The summed E-state index contributed by atoms with van der Waals surface area (Å²) in [5.74, 6) is 0.566. The highest BCUT2D eigenvalue weighted by atomic mass is 16.5. The monoisotopic (exact) mass is 250 g/mol. The molecule has 2 rings (SSSR count). The predicted molar refractivity (Wildman–Crippen MR) is 69.2 cm³/mol. The van der Waals surface area contributed by atoms with Gasteiger partial charge >= 0.3 is 0 Å². The highest BCUT2D eigenvalue weighted by Gasteiger charge is 2.26. The van der Waals surface area contributed by atoms with Crippen molar-refractivity contribution in [3.63, 3.8) is 0 Å². The maximum atomic E-state index is 11.9. The molecule has 1 aliphatic rings. The first-order valence-corrected chi connectivity index (χ1v) is 5.87. The van der Waals surface area contributed by atoms with Crippen LogP contribution in [0.5, 0.6) is 5.75 Å². The molecule has 6 heteroatoms. The Balaban J connectivity index is 2.32. The third-order valence-corrected chi connectivity index (χ3v) is 2.92. The number of carbonyl (C=O) groups is 1. The molecule has 0 fully saturated rings. The van der Waals surface area contributed by atoms with Gasteiger partial charge in [-0.25, -0.2) is 0 Å². The van der Waals surface area contributed by atoms with Crippen LogP contribution in [0.4, 0.5) is 5.69 Å². The summed E-state index contributed by atoms with van der Waals surface area (Å²) >= 11 is 0. The maximum Gasteiger partial charge on any atom is 0.265 e. The van der Waals surface area contributed by atoms with Gasteiger partial charge in [0, 0.05) is 25.7 Å². The summed E-state index contributed by atoms with van der Waals surface area (Å²) in [6.45, 7) is 1.17. The third kappa shape index (κ3) is 2.45. The van der Waals surface area contributed by atoms with Crippen molar-refractivity contribution in [2.45, 2.75) is 12.6 Å². The Morgan fingerprint density at radius 2 is 2.17 bits per heavy atom. The van der Waals surface area contributed by atoms with Gasteiger partial charge in [-0.1, -0.05) is 6.07 Å². The Bertz CT molecular complexity index is 450. The Hall–Kier alpha value is -1.63. The molecule has 0 radical (unpaired) electrons. The lowest BCUT2D eigenvalue weighted by Gasteiger charge is -2.31. The summed E-state index contributed by atoms with van der Waals surface area (Å²) in [4.78, 5) is 13.5. The molecule has 1 aromatic carbocycles. The zero-order valence-electron chi connectivity index (χ0n) is 10.1. The van der Waals surface area contributed by atoms with Crippen LogP contribution in [0.3, 0.4) is 0 Å². The molecule has 1 aliphatic heterocycles. The number of nitrogens with zero attached hydrogens (tertiary/aromatic N) is 1. The Kier molecular flexibility index (Phi) is 3.81. The second-order valence-corrected chi connectivity index (χ2v) is 4.30. The molecule has 18 heavy (non-hydrogen) atoms. The van der Waals surface area contributed by atoms with Crippen molar-refractivity contribution in [3.8, 4) is 5.75 Å². The van der Waals surface area contributed by atoms with E-state index in [1.807, 2.05) is 18.2 Å². The van der Waals surface area contributed by atoms with E-state index in [0.29, 0.717) is 25.4 Å². The first-order valence-electron chi connectivity index (χ1n) is 5.87. The van der Waals surface area contributed by atoms with Gasteiger partial charge in [-0.15, -0.1) is 0 Å². The van der Waals surface area contributed by atoms with Crippen molar-refractivity contribution in [2.75, 3.05) is 24.6 Å². The Morgan fingerprint density at radius 3 is 2.83 bits per heavy atom. The summed E-state index contributed by atoms with van der Waals surface area (Å²) in [6.07, 6.45) is 0. The number of hydrogen-bond acceptors (Lipinski definition) is 5. The number of hydrogen-bond donors (Lipinski definition) is 3. The molecule has 1 aromatic rings. The standard InChI is InChI=1S/C12H18N4O2/c13-4-8-1-2-11-10(3-8)16(6-9(15)5-14)12(17)7-18-11/h1-3,9H,4-7,13-15H2. The fourth-order valence-electron chi connectivity index (χ4n) is 1.88. The molecule has 1 atom stereocenters. The molecule has 0 bridgehead atoms. The second kappa shape index (κ2) is 5.34. The van der Waals surface area contributed by atoms with Crippen molar-refractivity contribution in [2.24, 2.45) is 17.2 Å². The van der Waals surface area contributed by atoms with Crippen LogP contribution in [0, 0.1) is 0 Å². The van der Waals surface area contributed by atoms with E-state index in [4.69, 9.17) is 21.9 Å². The normalized spacial score (nSPS) is 16.2. The summed E-state index contributed by atoms with van der Waals surface area (Å²) in [5, 5.41) is 0. The smallest absolute Gasteiger partial charge is 0.265 e. The van der Waals surface area contributed by atoms with Crippen LogP contribution in [0.25, 0.3) is 0 Å². The minimum atomic E-state index is -0.249. The number of nitrogens with two attached hydrogens (primary N) is 3. The zero-order valence-corrected chi connectivity index (χ0v) is 10.1. The number of anilines is 1. The SMILES string of the molecule is NCc1ccc2c(c1)N(CC(N)CN)C(=O)CO2. The van der Waals surface area contributed by atoms with Crippen LogP contribution >= 0.6 is 0 Å². The minimum absolute atomic E-state index is 0.0340. The van der Waals surface area contributed by atoms with E-state index in [0.717, 1.165) is 11.3 Å². The van der Waals surface area contributed by atoms with Crippen LogP contribution in [-0.2, 0) is 11.3 Å². The lowest BCUT2D eigenvalue weighted by Crippen LogP contribution is -2.48. The molecule has 0 saturated heterocycles. The zero-order chi connectivity index (χ0) is 13.1. The van der Waals surface area contributed by atoms with Crippen molar-refractivity contribution in [1.82, 2.24) is 0 Å². The first kappa shape index (κ1) is 12.8. The van der Waals surface area contributed by atoms with Crippen molar-refractivity contribution in [3.05, 3.63) is 23.8 Å². The van der Waals surface area contributed by atoms with Gasteiger partial charge in [0.05, 0.1) is 5.69 Å². The summed E-state index contributed by atoms with van der Waals surface area (Å²) in [6, 6.07) is 5.32. The van der Waals surface area contributed by atoms with Gasteiger partial charge in [-0.3, -0.25) is 4.79 Å². The van der Waals surface area contributed by atoms with E-state index in [-0.39, 0.29) is 18.6 Å². The fourth-order valence-corrected chi connectivity index (χ4v) is 1.88. The maximum absolute atomic E-state index is 11.9. The molecule has 1 unspecified atom stereocenters. The molecule has 6 nitrogen and oxygen atoms in total. The van der Waals surface area contributed by atoms with Crippen LogP contribution in [-0.4, -0.2) is 31.6 Å². The van der Waals surface area contributed by atoms with Gasteiger partial charge in [0.1, 0.15) is 5.75 Å². The van der Waals surface area contributed by atoms with Crippen LogP contribution < -0.4 is 26.8 Å². The molecule has 6 N–H and O–H groups in total.